The number of benzene rings is 1. The van der Waals surface area contributed by atoms with Gasteiger partial charge in [-0.25, -0.2) is 4.79 Å². The molecule has 1 N–H and O–H groups in total. The largest absolute Gasteiger partial charge is 0.331 e. The van der Waals surface area contributed by atoms with Gasteiger partial charge in [0.15, 0.2) is 0 Å². The summed E-state index contributed by atoms with van der Waals surface area (Å²) in [5.41, 5.74) is 2.27. The van der Waals surface area contributed by atoms with E-state index < -0.39 is 0 Å². The molecule has 0 radical (unpaired) electrons. The number of rotatable bonds is 4. The molecule has 0 saturated carbocycles. The van der Waals surface area contributed by atoms with Gasteiger partial charge in [0.1, 0.15) is 0 Å². The van der Waals surface area contributed by atoms with E-state index in [1.165, 1.54) is 0 Å². The lowest BCUT2D eigenvalue weighted by atomic mass is 10.1. The average molecular weight is 274 g/mol. The molecule has 1 unspecified atom stereocenters. The van der Waals surface area contributed by atoms with Gasteiger partial charge in [0.25, 0.3) is 0 Å². The van der Waals surface area contributed by atoms with Gasteiger partial charge in [-0.1, -0.05) is 30.3 Å². The molecule has 1 heterocycles. The van der Waals surface area contributed by atoms with Gasteiger partial charge in [-0.05, 0) is 34.9 Å². The first-order chi connectivity index (χ1) is 9.16. The van der Waals surface area contributed by atoms with Gasteiger partial charge in [-0.15, -0.1) is 0 Å². The second kappa shape index (κ2) is 6.38. The summed E-state index contributed by atoms with van der Waals surface area (Å²) >= 11 is 1.65. The maximum atomic E-state index is 12.1. The molecule has 0 spiro atoms. The molecule has 3 nitrogen and oxygen atoms in total. The molecular weight excluding hydrogens is 256 g/mol. The number of amides is 2. The van der Waals surface area contributed by atoms with Gasteiger partial charge < -0.3 is 10.2 Å². The summed E-state index contributed by atoms with van der Waals surface area (Å²) < 4.78 is 0. The molecule has 2 aromatic rings. The highest BCUT2D eigenvalue weighted by molar-refractivity contribution is 7.07. The van der Waals surface area contributed by atoms with Gasteiger partial charge in [-0.3, -0.25) is 0 Å². The average Bonchev–Trinajstić information content (AvgIpc) is 2.92. The molecule has 1 atom stereocenters. The van der Waals surface area contributed by atoms with Gasteiger partial charge in [-0.2, -0.15) is 11.3 Å². The molecule has 100 valence electrons. The van der Waals surface area contributed by atoms with Crippen molar-refractivity contribution in [3.8, 4) is 0 Å². The van der Waals surface area contributed by atoms with Crippen LogP contribution in [-0.4, -0.2) is 18.0 Å². The number of nitrogens with zero attached hydrogens (tertiary/aromatic N) is 1. The first-order valence-corrected chi connectivity index (χ1v) is 7.19. The van der Waals surface area contributed by atoms with Crippen molar-refractivity contribution >= 4 is 17.4 Å². The molecule has 0 saturated heterocycles. The van der Waals surface area contributed by atoms with Crippen LogP contribution in [0.5, 0.6) is 0 Å². The van der Waals surface area contributed by atoms with Crippen LogP contribution in [0.4, 0.5) is 4.79 Å². The van der Waals surface area contributed by atoms with Crippen molar-refractivity contribution in [2.75, 3.05) is 7.05 Å². The van der Waals surface area contributed by atoms with Crippen LogP contribution in [0, 0.1) is 0 Å². The second-order valence-electron chi connectivity index (χ2n) is 4.57. The van der Waals surface area contributed by atoms with Crippen LogP contribution in [0.15, 0.2) is 47.2 Å². The minimum absolute atomic E-state index is 0.0126. The SMILES string of the molecule is CC(NC(=O)N(C)Cc1ccsc1)c1ccccc1. The van der Waals surface area contributed by atoms with Gasteiger partial charge in [0.2, 0.25) is 0 Å². The van der Waals surface area contributed by atoms with E-state index in [0.29, 0.717) is 6.54 Å². The molecular formula is C15H18N2OS. The van der Waals surface area contributed by atoms with Crippen molar-refractivity contribution in [3.05, 3.63) is 58.3 Å². The van der Waals surface area contributed by atoms with E-state index in [1.807, 2.05) is 55.7 Å². The smallest absolute Gasteiger partial charge is 0.317 e. The zero-order valence-corrected chi connectivity index (χ0v) is 12.0. The molecule has 1 aromatic carbocycles. The molecule has 2 rings (SSSR count). The molecule has 0 aliphatic heterocycles. The molecule has 0 aliphatic rings. The normalized spacial score (nSPS) is 11.9. The fourth-order valence-corrected chi connectivity index (χ4v) is 2.51. The molecule has 0 fully saturated rings. The molecule has 2 amide bonds. The minimum atomic E-state index is -0.0532. The highest BCUT2D eigenvalue weighted by Gasteiger charge is 2.13. The summed E-state index contributed by atoms with van der Waals surface area (Å²) in [6.45, 7) is 2.63. The first-order valence-electron chi connectivity index (χ1n) is 6.24. The van der Waals surface area contributed by atoms with Crippen molar-refractivity contribution in [2.24, 2.45) is 0 Å². The summed E-state index contributed by atoms with van der Waals surface area (Å²) in [6.07, 6.45) is 0. The lowest BCUT2D eigenvalue weighted by Crippen LogP contribution is -2.38. The Morgan fingerprint density at radius 3 is 2.68 bits per heavy atom. The standard InChI is InChI=1S/C15H18N2OS/c1-12(14-6-4-3-5-7-14)16-15(18)17(2)10-13-8-9-19-11-13/h3-9,11-12H,10H2,1-2H3,(H,16,18). The van der Waals surface area contributed by atoms with Crippen LogP contribution in [0.3, 0.4) is 0 Å². The Hall–Kier alpha value is -1.81. The van der Waals surface area contributed by atoms with Crippen molar-refractivity contribution in [3.63, 3.8) is 0 Å². The van der Waals surface area contributed by atoms with Crippen LogP contribution in [0.25, 0.3) is 0 Å². The monoisotopic (exact) mass is 274 g/mol. The number of hydrogen-bond acceptors (Lipinski definition) is 2. The minimum Gasteiger partial charge on any atom is -0.331 e. The van der Waals surface area contributed by atoms with Gasteiger partial charge in [0, 0.05) is 13.6 Å². The fraction of sp³-hybridized carbons (Fsp3) is 0.267. The van der Waals surface area contributed by atoms with Gasteiger partial charge >= 0.3 is 6.03 Å². The summed E-state index contributed by atoms with van der Waals surface area (Å²) in [5.74, 6) is 0. The number of carbonyl (C=O) groups excluding carboxylic acids is 1. The molecule has 1 aromatic heterocycles. The van der Waals surface area contributed by atoms with Gasteiger partial charge in [0.05, 0.1) is 6.04 Å². The zero-order valence-electron chi connectivity index (χ0n) is 11.2. The quantitative estimate of drug-likeness (QED) is 0.907. The Bertz CT molecular complexity index is 510. The maximum Gasteiger partial charge on any atom is 0.317 e. The number of thiophene rings is 1. The topological polar surface area (TPSA) is 32.3 Å². The second-order valence-corrected chi connectivity index (χ2v) is 5.35. The van der Waals surface area contributed by atoms with E-state index in [2.05, 4.69) is 10.7 Å². The number of carbonyl (C=O) groups is 1. The Morgan fingerprint density at radius 2 is 2.05 bits per heavy atom. The van der Waals surface area contributed by atoms with Crippen molar-refractivity contribution in [1.29, 1.82) is 0 Å². The fourth-order valence-electron chi connectivity index (χ4n) is 1.85. The Kier molecular flexibility index (Phi) is 4.58. The number of nitrogens with one attached hydrogen (secondary N) is 1. The summed E-state index contributed by atoms with van der Waals surface area (Å²) in [6, 6.07) is 12.0. The van der Waals surface area contributed by atoms with Crippen LogP contribution < -0.4 is 5.32 Å². The van der Waals surface area contributed by atoms with Crippen molar-refractivity contribution < 1.29 is 4.79 Å². The Morgan fingerprint density at radius 1 is 1.32 bits per heavy atom. The van der Waals surface area contributed by atoms with E-state index in [-0.39, 0.29) is 12.1 Å². The predicted octanol–water partition coefficient (Wildman–Crippen LogP) is 3.65. The molecule has 0 bridgehead atoms. The lowest BCUT2D eigenvalue weighted by Gasteiger charge is -2.21. The van der Waals surface area contributed by atoms with Crippen LogP contribution in [-0.2, 0) is 6.54 Å². The summed E-state index contributed by atoms with van der Waals surface area (Å²) in [5, 5.41) is 7.08. The number of hydrogen-bond donors (Lipinski definition) is 1. The first kappa shape index (κ1) is 13.6. The lowest BCUT2D eigenvalue weighted by molar-refractivity contribution is 0.203. The van der Waals surface area contributed by atoms with Crippen LogP contribution >= 0.6 is 11.3 Å². The van der Waals surface area contributed by atoms with Crippen LogP contribution in [0.2, 0.25) is 0 Å². The molecule has 4 heteroatoms. The number of urea groups is 1. The highest BCUT2D eigenvalue weighted by atomic mass is 32.1. The van der Waals surface area contributed by atoms with Crippen molar-refractivity contribution in [2.45, 2.75) is 19.5 Å². The predicted molar refractivity (Wildman–Crippen MR) is 79.2 cm³/mol. The highest BCUT2D eigenvalue weighted by Crippen LogP contribution is 2.13. The van der Waals surface area contributed by atoms with Crippen LogP contribution in [0.1, 0.15) is 24.1 Å². The molecule has 19 heavy (non-hydrogen) atoms. The van der Waals surface area contributed by atoms with E-state index in [9.17, 15) is 4.79 Å². The molecule has 0 aliphatic carbocycles. The van der Waals surface area contributed by atoms with E-state index in [0.717, 1.165) is 11.1 Å². The van der Waals surface area contributed by atoms with Crippen molar-refractivity contribution in [1.82, 2.24) is 10.2 Å². The summed E-state index contributed by atoms with van der Waals surface area (Å²) in [4.78, 5) is 13.8. The van der Waals surface area contributed by atoms with E-state index >= 15 is 0 Å². The maximum absolute atomic E-state index is 12.1. The summed E-state index contributed by atoms with van der Waals surface area (Å²) in [7, 11) is 1.81. The Balaban J connectivity index is 1.90. The van der Waals surface area contributed by atoms with E-state index in [1.54, 1.807) is 16.2 Å². The third kappa shape index (κ3) is 3.83. The third-order valence-electron chi connectivity index (χ3n) is 2.99. The Labute approximate surface area is 117 Å². The third-order valence-corrected chi connectivity index (χ3v) is 3.72. The van der Waals surface area contributed by atoms with E-state index in [4.69, 9.17) is 0 Å². The zero-order chi connectivity index (χ0) is 13.7.